The van der Waals surface area contributed by atoms with E-state index in [1.54, 1.807) is 0 Å². The molecule has 0 aromatic rings. The van der Waals surface area contributed by atoms with Gasteiger partial charge in [0.25, 0.3) is 0 Å². The van der Waals surface area contributed by atoms with Crippen LogP contribution in [0.15, 0.2) is 0 Å². The first-order valence-corrected chi connectivity index (χ1v) is 8.44. The van der Waals surface area contributed by atoms with Gasteiger partial charge in [0, 0.05) is 6.04 Å². The van der Waals surface area contributed by atoms with E-state index < -0.39 is 0 Å². The van der Waals surface area contributed by atoms with Gasteiger partial charge in [0.05, 0.1) is 0 Å². The number of hydrogen-bond donors (Lipinski definition) is 1. The van der Waals surface area contributed by atoms with Crippen LogP contribution in [0.4, 0.5) is 0 Å². The first-order valence-electron chi connectivity index (χ1n) is 8.44. The smallest absolute Gasteiger partial charge is 0.00696 e. The quantitative estimate of drug-likeness (QED) is 0.722. The van der Waals surface area contributed by atoms with Gasteiger partial charge in [-0.2, -0.15) is 0 Å². The molecule has 0 aliphatic heterocycles. The molecule has 5 unspecified atom stereocenters. The third-order valence-electron chi connectivity index (χ3n) is 5.76. The molecule has 0 saturated heterocycles. The Kier molecular flexibility index (Phi) is 5.54. The van der Waals surface area contributed by atoms with E-state index in [0.717, 1.165) is 36.3 Å². The Morgan fingerprint density at radius 3 is 2.28 bits per heavy atom. The Morgan fingerprint density at radius 1 is 0.833 bits per heavy atom. The van der Waals surface area contributed by atoms with Crippen LogP contribution in [-0.4, -0.2) is 12.6 Å². The van der Waals surface area contributed by atoms with Crippen LogP contribution in [0, 0.1) is 23.7 Å². The van der Waals surface area contributed by atoms with Crippen LogP contribution in [0.3, 0.4) is 0 Å². The molecule has 2 fully saturated rings. The highest BCUT2D eigenvalue weighted by molar-refractivity contribution is 4.84. The first kappa shape index (κ1) is 14.4. The molecule has 2 aliphatic rings. The lowest BCUT2D eigenvalue weighted by atomic mass is 9.69. The van der Waals surface area contributed by atoms with Crippen molar-refractivity contribution < 1.29 is 0 Å². The maximum Gasteiger partial charge on any atom is 0.00696 e. The van der Waals surface area contributed by atoms with Gasteiger partial charge < -0.3 is 5.32 Å². The monoisotopic (exact) mass is 251 g/mol. The van der Waals surface area contributed by atoms with Gasteiger partial charge in [-0.25, -0.2) is 0 Å². The van der Waals surface area contributed by atoms with Crippen molar-refractivity contribution in [1.29, 1.82) is 0 Å². The first-order chi connectivity index (χ1) is 8.70. The second-order valence-electron chi connectivity index (χ2n) is 7.06. The van der Waals surface area contributed by atoms with Crippen molar-refractivity contribution in [2.24, 2.45) is 23.7 Å². The van der Waals surface area contributed by atoms with Crippen LogP contribution in [0.25, 0.3) is 0 Å². The Labute approximate surface area is 114 Å². The summed E-state index contributed by atoms with van der Waals surface area (Å²) < 4.78 is 0. The zero-order valence-electron chi connectivity index (χ0n) is 12.8. The second kappa shape index (κ2) is 6.93. The summed E-state index contributed by atoms with van der Waals surface area (Å²) in [5.41, 5.74) is 0. The average molecular weight is 251 g/mol. The molecule has 1 N–H and O–H groups in total. The van der Waals surface area contributed by atoms with Gasteiger partial charge in [0.1, 0.15) is 0 Å². The fourth-order valence-electron chi connectivity index (χ4n) is 4.32. The summed E-state index contributed by atoms with van der Waals surface area (Å²) in [5.74, 6) is 3.99. The molecule has 0 aromatic carbocycles. The molecular formula is C17H33N. The predicted octanol–water partition coefficient (Wildman–Crippen LogP) is 4.62. The predicted molar refractivity (Wildman–Crippen MR) is 79.7 cm³/mol. The van der Waals surface area contributed by atoms with Crippen LogP contribution < -0.4 is 5.32 Å². The van der Waals surface area contributed by atoms with Crippen molar-refractivity contribution in [1.82, 2.24) is 5.32 Å². The van der Waals surface area contributed by atoms with Gasteiger partial charge in [-0.05, 0) is 55.9 Å². The maximum absolute atomic E-state index is 3.71. The van der Waals surface area contributed by atoms with Gasteiger partial charge in [-0.15, -0.1) is 0 Å². The topological polar surface area (TPSA) is 12.0 Å². The molecule has 106 valence electrons. The minimum Gasteiger partial charge on any atom is -0.314 e. The van der Waals surface area contributed by atoms with Crippen LogP contribution in [-0.2, 0) is 0 Å². The molecule has 5 atom stereocenters. The van der Waals surface area contributed by atoms with Crippen molar-refractivity contribution in [3.8, 4) is 0 Å². The van der Waals surface area contributed by atoms with Crippen LogP contribution in [0.1, 0.15) is 72.1 Å². The molecule has 0 bridgehead atoms. The molecule has 2 rings (SSSR count). The van der Waals surface area contributed by atoms with Crippen molar-refractivity contribution in [2.75, 3.05) is 6.54 Å². The minimum absolute atomic E-state index is 0.817. The molecule has 0 amide bonds. The molecule has 2 aliphatic carbocycles. The van der Waals surface area contributed by atoms with Crippen molar-refractivity contribution >= 4 is 0 Å². The third-order valence-corrected chi connectivity index (χ3v) is 5.76. The van der Waals surface area contributed by atoms with E-state index in [0.29, 0.717) is 0 Å². The number of nitrogens with one attached hydrogen (secondary N) is 1. The van der Waals surface area contributed by atoms with Gasteiger partial charge in [0.15, 0.2) is 0 Å². The van der Waals surface area contributed by atoms with E-state index in [1.807, 2.05) is 0 Å². The Morgan fingerprint density at radius 2 is 1.56 bits per heavy atom. The standard InChI is InChI=1S/C17H33N/c1-4-18-17-8-6-5-7-15(12-17)16-10-9-13(2)14(3)11-16/h13-18H,4-12H2,1-3H3. The normalized spacial score (nSPS) is 42.5. The molecule has 1 nitrogen and oxygen atoms in total. The van der Waals surface area contributed by atoms with Gasteiger partial charge in [-0.3, -0.25) is 0 Å². The van der Waals surface area contributed by atoms with Gasteiger partial charge in [0.2, 0.25) is 0 Å². The summed E-state index contributed by atoms with van der Waals surface area (Å²) in [5, 5.41) is 3.71. The summed E-state index contributed by atoms with van der Waals surface area (Å²) >= 11 is 0. The lowest BCUT2D eigenvalue weighted by molar-refractivity contribution is 0.141. The van der Waals surface area contributed by atoms with E-state index in [4.69, 9.17) is 0 Å². The van der Waals surface area contributed by atoms with E-state index in [2.05, 4.69) is 26.1 Å². The molecule has 0 spiro atoms. The van der Waals surface area contributed by atoms with Crippen LogP contribution in [0.5, 0.6) is 0 Å². The fraction of sp³-hybridized carbons (Fsp3) is 1.00. The van der Waals surface area contributed by atoms with Crippen molar-refractivity contribution in [2.45, 2.75) is 78.2 Å². The zero-order valence-corrected chi connectivity index (χ0v) is 12.8. The summed E-state index contributed by atoms with van der Waals surface area (Å²) in [6.45, 7) is 8.34. The van der Waals surface area contributed by atoms with E-state index in [-0.39, 0.29) is 0 Å². The Bertz CT molecular complexity index is 238. The average Bonchev–Trinajstić information content (AvgIpc) is 2.59. The van der Waals surface area contributed by atoms with Gasteiger partial charge in [-0.1, -0.05) is 46.5 Å². The highest BCUT2D eigenvalue weighted by Crippen LogP contribution is 2.41. The lowest BCUT2D eigenvalue weighted by Crippen LogP contribution is -2.33. The van der Waals surface area contributed by atoms with E-state index in [9.17, 15) is 0 Å². The number of hydrogen-bond acceptors (Lipinski definition) is 1. The van der Waals surface area contributed by atoms with Crippen LogP contribution in [0.2, 0.25) is 0 Å². The molecule has 2 saturated carbocycles. The Hall–Kier alpha value is -0.0400. The van der Waals surface area contributed by atoms with E-state index >= 15 is 0 Å². The summed E-state index contributed by atoms with van der Waals surface area (Å²) in [4.78, 5) is 0. The highest BCUT2D eigenvalue weighted by atomic mass is 14.9. The lowest BCUT2D eigenvalue weighted by Gasteiger charge is -2.37. The summed E-state index contributed by atoms with van der Waals surface area (Å²) in [6.07, 6.45) is 11.8. The SMILES string of the molecule is CCNC1CCCCC(C2CCC(C)C(C)C2)C1. The molecule has 0 radical (unpaired) electrons. The number of rotatable bonds is 3. The highest BCUT2D eigenvalue weighted by Gasteiger charge is 2.32. The van der Waals surface area contributed by atoms with Crippen molar-refractivity contribution in [3.05, 3.63) is 0 Å². The molecule has 0 aromatic heterocycles. The summed E-state index contributed by atoms with van der Waals surface area (Å²) in [7, 11) is 0. The Balaban J connectivity index is 1.90. The largest absolute Gasteiger partial charge is 0.314 e. The molecule has 0 heterocycles. The van der Waals surface area contributed by atoms with Crippen molar-refractivity contribution in [3.63, 3.8) is 0 Å². The molecule has 1 heteroatoms. The third kappa shape index (κ3) is 3.73. The minimum atomic E-state index is 0.817. The fourth-order valence-corrected chi connectivity index (χ4v) is 4.32. The summed E-state index contributed by atoms with van der Waals surface area (Å²) in [6, 6.07) is 0.817. The molecule has 18 heavy (non-hydrogen) atoms. The zero-order chi connectivity index (χ0) is 13.0. The maximum atomic E-state index is 3.71. The molecular weight excluding hydrogens is 218 g/mol. The second-order valence-corrected chi connectivity index (χ2v) is 7.06. The van der Waals surface area contributed by atoms with Crippen LogP contribution >= 0.6 is 0 Å². The van der Waals surface area contributed by atoms with E-state index in [1.165, 1.54) is 51.4 Å². The van der Waals surface area contributed by atoms with Gasteiger partial charge >= 0.3 is 0 Å².